The van der Waals surface area contributed by atoms with E-state index in [-0.39, 0.29) is 29.4 Å². The molecule has 1 atom stereocenters. The van der Waals surface area contributed by atoms with Gasteiger partial charge in [0.2, 0.25) is 15.9 Å². The quantitative estimate of drug-likeness (QED) is 0.830. The molecule has 0 unspecified atom stereocenters. The van der Waals surface area contributed by atoms with E-state index in [1.54, 1.807) is 18.2 Å². The summed E-state index contributed by atoms with van der Waals surface area (Å²) >= 11 is 0. The van der Waals surface area contributed by atoms with Crippen molar-refractivity contribution in [3.8, 4) is 11.1 Å². The molecule has 0 aromatic heterocycles. The van der Waals surface area contributed by atoms with Gasteiger partial charge in [-0.1, -0.05) is 24.3 Å². The van der Waals surface area contributed by atoms with Crippen LogP contribution in [0.3, 0.4) is 0 Å². The first kappa shape index (κ1) is 19.1. The summed E-state index contributed by atoms with van der Waals surface area (Å²) in [6, 6.07) is 13.6. The van der Waals surface area contributed by atoms with E-state index >= 15 is 0 Å². The summed E-state index contributed by atoms with van der Waals surface area (Å²) in [6.45, 7) is 0.755. The van der Waals surface area contributed by atoms with Crippen LogP contribution in [0.4, 0.5) is 10.1 Å². The van der Waals surface area contributed by atoms with Gasteiger partial charge in [0.15, 0.2) is 0 Å². The summed E-state index contributed by atoms with van der Waals surface area (Å²) in [6.07, 6.45) is 2.83. The van der Waals surface area contributed by atoms with Crippen molar-refractivity contribution in [1.82, 2.24) is 4.31 Å². The van der Waals surface area contributed by atoms with Gasteiger partial charge in [0.1, 0.15) is 5.82 Å². The van der Waals surface area contributed by atoms with Crippen LogP contribution in [0.25, 0.3) is 11.1 Å². The first-order chi connectivity index (χ1) is 13.4. The van der Waals surface area contributed by atoms with Gasteiger partial charge in [-0.2, -0.15) is 0 Å². The van der Waals surface area contributed by atoms with E-state index in [9.17, 15) is 17.6 Å². The Morgan fingerprint density at radius 3 is 2.50 bits per heavy atom. The fourth-order valence-electron chi connectivity index (χ4n) is 3.63. The summed E-state index contributed by atoms with van der Waals surface area (Å²) < 4.78 is 39.6. The summed E-state index contributed by atoms with van der Waals surface area (Å²) in [5, 5.41) is 2.67. The molecule has 0 spiro atoms. The van der Waals surface area contributed by atoms with Crippen molar-refractivity contribution in [2.75, 3.05) is 18.4 Å². The highest BCUT2D eigenvalue weighted by Crippen LogP contribution is 2.33. The van der Waals surface area contributed by atoms with Crippen LogP contribution in [0.5, 0.6) is 0 Å². The molecule has 1 saturated carbocycles. The van der Waals surface area contributed by atoms with E-state index in [1.165, 1.54) is 16.4 Å². The number of rotatable bonds is 5. The van der Waals surface area contributed by atoms with Crippen LogP contribution in [-0.2, 0) is 14.8 Å². The molecule has 7 heteroatoms. The molecule has 0 bridgehead atoms. The average molecular weight is 402 g/mol. The lowest BCUT2D eigenvalue weighted by Gasteiger charge is -2.31. The largest absolute Gasteiger partial charge is 0.326 e. The van der Waals surface area contributed by atoms with Gasteiger partial charge in [-0.3, -0.25) is 4.79 Å². The van der Waals surface area contributed by atoms with Crippen molar-refractivity contribution in [1.29, 1.82) is 0 Å². The number of piperidine rings is 1. The topological polar surface area (TPSA) is 66.5 Å². The number of nitrogens with zero attached hydrogens (tertiary/aromatic N) is 1. The second kappa shape index (κ2) is 7.64. The van der Waals surface area contributed by atoms with Crippen LogP contribution in [-0.4, -0.2) is 37.0 Å². The third-order valence-corrected chi connectivity index (χ3v) is 7.73. The van der Waals surface area contributed by atoms with Gasteiger partial charge in [0, 0.05) is 18.8 Å². The number of carbonyl (C=O) groups excluding carboxylic acids is 1. The van der Waals surface area contributed by atoms with Crippen LogP contribution in [0.1, 0.15) is 25.7 Å². The molecule has 148 valence electrons. The minimum absolute atomic E-state index is 0.160. The number of hydrogen-bond acceptors (Lipinski definition) is 3. The Kier molecular flexibility index (Phi) is 5.21. The average Bonchev–Trinajstić information content (AvgIpc) is 3.55. The van der Waals surface area contributed by atoms with E-state index in [4.69, 9.17) is 0 Å². The third kappa shape index (κ3) is 4.10. The maximum Gasteiger partial charge on any atom is 0.228 e. The first-order valence-electron chi connectivity index (χ1n) is 9.59. The molecule has 2 fully saturated rings. The number of nitrogens with one attached hydrogen (secondary N) is 1. The lowest BCUT2D eigenvalue weighted by molar-refractivity contribution is -0.120. The van der Waals surface area contributed by atoms with Crippen LogP contribution < -0.4 is 5.32 Å². The molecule has 2 aromatic carbocycles. The summed E-state index contributed by atoms with van der Waals surface area (Å²) in [5.74, 6) is -0.806. The van der Waals surface area contributed by atoms with Crippen LogP contribution in [0.2, 0.25) is 0 Å². The Balaban J connectivity index is 1.44. The zero-order chi connectivity index (χ0) is 19.7. The molecule has 2 aliphatic rings. The molecule has 1 heterocycles. The van der Waals surface area contributed by atoms with Crippen molar-refractivity contribution in [3.63, 3.8) is 0 Å². The molecular formula is C21H23FN2O3S. The van der Waals surface area contributed by atoms with Gasteiger partial charge >= 0.3 is 0 Å². The highest BCUT2D eigenvalue weighted by atomic mass is 32.2. The number of sulfonamides is 1. The molecule has 4 rings (SSSR count). The molecule has 28 heavy (non-hydrogen) atoms. The number of benzene rings is 2. The maximum absolute atomic E-state index is 13.1. The first-order valence-corrected chi connectivity index (χ1v) is 11.1. The molecule has 1 N–H and O–H groups in total. The molecule has 5 nitrogen and oxygen atoms in total. The van der Waals surface area contributed by atoms with Gasteiger partial charge in [-0.25, -0.2) is 17.1 Å². The van der Waals surface area contributed by atoms with Gasteiger partial charge in [-0.05, 0) is 61.1 Å². The minimum Gasteiger partial charge on any atom is -0.326 e. The SMILES string of the molecule is O=C(Nc1cccc(-c2ccc(F)cc2)c1)[C@@H]1CCCN(S(=O)(=O)C2CC2)C1. The molecule has 2 aromatic rings. The van der Waals surface area contributed by atoms with Crippen molar-refractivity contribution >= 4 is 21.6 Å². The summed E-state index contributed by atoms with van der Waals surface area (Å²) in [7, 11) is -3.25. The highest BCUT2D eigenvalue weighted by Gasteiger charge is 2.42. The second-order valence-corrected chi connectivity index (χ2v) is 9.73. The van der Waals surface area contributed by atoms with Crippen molar-refractivity contribution < 1.29 is 17.6 Å². The Morgan fingerprint density at radius 2 is 1.79 bits per heavy atom. The third-order valence-electron chi connectivity index (χ3n) is 5.37. The number of halogens is 1. The van der Waals surface area contributed by atoms with Crippen molar-refractivity contribution in [2.45, 2.75) is 30.9 Å². The fraction of sp³-hybridized carbons (Fsp3) is 0.381. The van der Waals surface area contributed by atoms with E-state index in [1.807, 2.05) is 18.2 Å². The summed E-state index contributed by atoms with van der Waals surface area (Å²) in [4.78, 5) is 12.7. The molecule has 1 saturated heterocycles. The van der Waals surface area contributed by atoms with E-state index < -0.39 is 10.0 Å². The van der Waals surface area contributed by atoms with Crippen LogP contribution in [0, 0.1) is 11.7 Å². The number of hydrogen-bond donors (Lipinski definition) is 1. The van der Waals surface area contributed by atoms with Crippen molar-refractivity contribution in [3.05, 3.63) is 54.3 Å². The molecule has 0 radical (unpaired) electrons. The van der Waals surface area contributed by atoms with Gasteiger partial charge in [-0.15, -0.1) is 0 Å². The zero-order valence-corrected chi connectivity index (χ0v) is 16.3. The predicted octanol–water partition coefficient (Wildman–Crippen LogP) is 3.64. The van der Waals surface area contributed by atoms with E-state index in [0.717, 1.165) is 24.0 Å². The van der Waals surface area contributed by atoms with Gasteiger partial charge < -0.3 is 5.32 Å². The predicted molar refractivity (Wildman–Crippen MR) is 107 cm³/mol. The molecule has 1 aliphatic carbocycles. The summed E-state index contributed by atoms with van der Waals surface area (Å²) in [5.41, 5.74) is 2.38. The normalized spacial score (nSPS) is 20.7. The molecule has 1 aliphatic heterocycles. The van der Waals surface area contributed by atoms with Gasteiger partial charge in [0.25, 0.3) is 0 Å². The Hall–Kier alpha value is -2.25. The highest BCUT2D eigenvalue weighted by molar-refractivity contribution is 7.90. The minimum atomic E-state index is -3.25. The van der Waals surface area contributed by atoms with E-state index in [0.29, 0.717) is 25.1 Å². The van der Waals surface area contributed by atoms with Crippen LogP contribution in [0.15, 0.2) is 48.5 Å². The lowest BCUT2D eigenvalue weighted by Crippen LogP contribution is -2.44. The van der Waals surface area contributed by atoms with E-state index in [2.05, 4.69) is 5.32 Å². The standard InChI is InChI=1S/C21H23FN2O3S/c22-18-8-6-15(7-9-18)16-3-1-5-19(13-16)23-21(25)17-4-2-12-24(14-17)28(26,27)20-10-11-20/h1,3,5-9,13,17,20H,2,4,10-12,14H2,(H,23,25)/t17-/m1/s1. The second-order valence-electron chi connectivity index (χ2n) is 7.52. The Labute approximate surface area is 164 Å². The lowest BCUT2D eigenvalue weighted by atomic mass is 9.98. The molecular weight excluding hydrogens is 379 g/mol. The smallest absolute Gasteiger partial charge is 0.228 e. The number of carbonyl (C=O) groups is 1. The fourth-order valence-corrected chi connectivity index (χ4v) is 5.55. The molecule has 1 amide bonds. The monoisotopic (exact) mass is 402 g/mol. The number of amides is 1. The number of anilines is 1. The van der Waals surface area contributed by atoms with Crippen molar-refractivity contribution in [2.24, 2.45) is 5.92 Å². The Morgan fingerprint density at radius 1 is 1.04 bits per heavy atom. The zero-order valence-electron chi connectivity index (χ0n) is 15.5. The van der Waals surface area contributed by atoms with Gasteiger partial charge in [0.05, 0.1) is 11.2 Å². The Bertz CT molecular complexity index is 971. The maximum atomic E-state index is 13.1. The van der Waals surface area contributed by atoms with Crippen LogP contribution >= 0.6 is 0 Å².